The maximum Gasteiger partial charge on any atom is 0.142 e. The van der Waals surface area contributed by atoms with Gasteiger partial charge in [0.05, 0.1) is 12.8 Å². The normalized spacial score (nSPS) is 10.9. The van der Waals surface area contributed by atoms with Gasteiger partial charge in [-0.15, -0.1) is 0 Å². The first-order valence-corrected chi connectivity index (χ1v) is 5.49. The monoisotopic (exact) mass is 207 g/mol. The minimum Gasteiger partial charge on any atom is -0.495 e. The van der Waals surface area contributed by atoms with Gasteiger partial charge in [0.15, 0.2) is 0 Å². The van der Waals surface area contributed by atoms with Crippen molar-refractivity contribution in [1.29, 1.82) is 0 Å². The molecule has 0 atom stereocenters. The van der Waals surface area contributed by atoms with Crippen LogP contribution in [0.1, 0.15) is 27.7 Å². The maximum absolute atomic E-state index is 5.38. The van der Waals surface area contributed by atoms with E-state index in [2.05, 4.69) is 44.7 Å². The molecule has 84 valence electrons. The number of hydrogen-bond donors (Lipinski definition) is 0. The van der Waals surface area contributed by atoms with E-state index in [1.54, 1.807) is 7.11 Å². The van der Waals surface area contributed by atoms with Crippen LogP contribution < -0.4 is 9.64 Å². The summed E-state index contributed by atoms with van der Waals surface area (Å²) in [5, 5.41) is 0. The highest BCUT2D eigenvalue weighted by Crippen LogP contribution is 2.30. The first-order valence-electron chi connectivity index (χ1n) is 5.49. The lowest BCUT2D eigenvalue weighted by Gasteiger charge is -2.34. The fraction of sp³-hybridized carbons (Fsp3) is 0.538. The third-order valence-electron chi connectivity index (χ3n) is 2.48. The number of benzene rings is 1. The van der Waals surface area contributed by atoms with Gasteiger partial charge in [-0.25, -0.2) is 0 Å². The Kier molecular flexibility index (Phi) is 4.01. The standard InChI is InChI=1S/C13H21NO/c1-10(2)14(11(3)4)12-8-6-7-9-13(12)15-5/h6-11H,1-5H3. The Hall–Kier alpha value is -1.18. The third kappa shape index (κ3) is 2.65. The average molecular weight is 207 g/mol. The molecule has 0 aliphatic rings. The van der Waals surface area contributed by atoms with Crippen LogP contribution in [0, 0.1) is 0 Å². The second-order valence-corrected chi connectivity index (χ2v) is 4.27. The highest BCUT2D eigenvalue weighted by atomic mass is 16.5. The zero-order chi connectivity index (χ0) is 11.4. The predicted molar refractivity (Wildman–Crippen MR) is 65.7 cm³/mol. The first-order chi connectivity index (χ1) is 7.07. The van der Waals surface area contributed by atoms with Crippen LogP contribution in [-0.4, -0.2) is 19.2 Å². The summed E-state index contributed by atoms with van der Waals surface area (Å²) in [6, 6.07) is 9.12. The summed E-state index contributed by atoms with van der Waals surface area (Å²) in [7, 11) is 1.72. The number of nitrogens with zero attached hydrogens (tertiary/aromatic N) is 1. The van der Waals surface area contributed by atoms with Gasteiger partial charge in [-0.05, 0) is 39.8 Å². The number of ether oxygens (including phenoxy) is 1. The Morgan fingerprint density at radius 1 is 1.00 bits per heavy atom. The quantitative estimate of drug-likeness (QED) is 0.751. The van der Waals surface area contributed by atoms with Crippen molar-refractivity contribution in [1.82, 2.24) is 0 Å². The van der Waals surface area contributed by atoms with E-state index >= 15 is 0 Å². The summed E-state index contributed by atoms with van der Waals surface area (Å²) in [6.45, 7) is 8.80. The molecule has 0 aliphatic carbocycles. The van der Waals surface area contributed by atoms with Gasteiger partial charge in [0, 0.05) is 12.1 Å². The second kappa shape index (κ2) is 5.06. The summed E-state index contributed by atoms with van der Waals surface area (Å²) in [6.07, 6.45) is 0. The molecule has 0 fully saturated rings. The predicted octanol–water partition coefficient (Wildman–Crippen LogP) is 3.32. The molecule has 2 nitrogen and oxygen atoms in total. The van der Waals surface area contributed by atoms with Crippen LogP contribution in [-0.2, 0) is 0 Å². The SMILES string of the molecule is COc1ccccc1N(C(C)C)C(C)C. The zero-order valence-electron chi connectivity index (χ0n) is 10.3. The summed E-state index contributed by atoms with van der Waals surface area (Å²) in [5.74, 6) is 0.944. The Morgan fingerprint density at radius 2 is 1.53 bits per heavy atom. The summed E-state index contributed by atoms with van der Waals surface area (Å²) in [5.41, 5.74) is 1.17. The van der Waals surface area contributed by atoms with Gasteiger partial charge >= 0.3 is 0 Å². The number of rotatable bonds is 4. The zero-order valence-corrected chi connectivity index (χ0v) is 10.3. The van der Waals surface area contributed by atoms with Gasteiger partial charge in [-0.1, -0.05) is 12.1 Å². The molecule has 0 saturated heterocycles. The highest BCUT2D eigenvalue weighted by Gasteiger charge is 2.17. The van der Waals surface area contributed by atoms with Gasteiger partial charge < -0.3 is 9.64 Å². The molecular formula is C13H21NO. The first kappa shape index (κ1) is 11.9. The molecular weight excluding hydrogens is 186 g/mol. The third-order valence-corrected chi connectivity index (χ3v) is 2.48. The largest absolute Gasteiger partial charge is 0.495 e. The van der Waals surface area contributed by atoms with Gasteiger partial charge in [-0.3, -0.25) is 0 Å². The van der Waals surface area contributed by atoms with Crippen LogP contribution in [0.2, 0.25) is 0 Å². The van der Waals surface area contributed by atoms with Crippen LogP contribution in [0.25, 0.3) is 0 Å². The molecule has 1 rings (SSSR count). The molecule has 0 saturated carbocycles. The summed E-state index contributed by atoms with van der Waals surface area (Å²) < 4.78 is 5.38. The van der Waals surface area contributed by atoms with Crippen LogP contribution in [0.15, 0.2) is 24.3 Å². The fourth-order valence-corrected chi connectivity index (χ4v) is 2.00. The van der Waals surface area contributed by atoms with Crippen molar-refractivity contribution in [3.63, 3.8) is 0 Å². The Bertz CT molecular complexity index is 299. The van der Waals surface area contributed by atoms with E-state index in [9.17, 15) is 0 Å². The maximum atomic E-state index is 5.38. The van der Waals surface area contributed by atoms with E-state index in [0.717, 1.165) is 5.75 Å². The van der Waals surface area contributed by atoms with Crippen molar-refractivity contribution < 1.29 is 4.74 Å². The number of methoxy groups -OCH3 is 1. The van der Waals surface area contributed by atoms with Gasteiger partial charge in [-0.2, -0.15) is 0 Å². The molecule has 15 heavy (non-hydrogen) atoms. The van der Waals surface area contributed by atoms with Crippen LogP contribution in [0.4, 0.5) is 5.69 Å². The highest BCUT2D eigenvalue weighted by molar-refractivity contribution is 5.59. The van der Waals surface area contributed by atoms with E-state index in [-0.39, 0.29) is 0 Å². The molecule has 0 bridgehead atoms. The van der Waals surface area contributed by atoms with Crippen LogP contribution in [0.3, 0.4) is 0 Å². The van der Waals surface area contributed by atoms with Crippen molar-refractivity contribution in [2.24, 2.45) is 0 Å². The van der Waals surface area contributed by atoms with Gasteiger partial charge in [0.2, 0.25) is 0 Å². The van der Waals surface area contributed by atoms with E-state index in [1.807, 2.05) is 12.1 Å². The molecule has 0 amide bonds. The average Bonchev–Trinajstić information content (AvgIpc) is 2.17. The fourth-order valence-electron chi connectivity index (χ4n) is 2.00. The van der Waals surface area contributed by atoms with Crippen molar-refractivity contribution >= 4 is 5.69 Å². The Morgan fingerprint density at radius 3 is 2.00 bits per heavy atom. The second-order valence-electron chi connectivity index (χ2n) is 4.27. The molecule has 0 spiro atoms. The van der Waals surface area contributed by atoms with Crippen LogP contribution in [0.5, 0.6) is 5.75 Å². The van der Waals surface area contributed by atoms with Crippen LogP contribution >= 0.6 is 0 Å². The lowest BCUT2D eigenvalue weighted by atomic mass is 10.1. The lowest BCUT2D eigenvalue weighted by molar-refractivity contribution is 0.411. The molecule has 0 aliphatic heterocycles. The molecule has 2 heteroatoms. The van der Waals surface area contributed by atoms with Gasteiger partial charge in [0.1, 0.15) is 5.75 Å². The minimum atomic E-state index is 0.473. The lowest BCUT2D eigenvalue weighted by Crippen LogP contribution is -2.37. The van der Waals surface area contributed by atoms with Crippen molar-refractivity contribution in [2.75, 3.05) is 12.0 Å². The van der Waals surface area contributed by atoms with E-state index in [1.165, 1.54) is 5.69 Å². The molecule has 0 unspecified atom stereocenters. The number of anilines is 1. The van der Waals surface area contributed by atoms with E-state index in [0.29, 0.717) is 12.1 Å². The summed E-state index contributed by atoms with van der Waals surface area (Å²) >= 11 is 0. The Balaban J connectivity index is 3.10. The number of para-hydroxylation sites is 2. The van der Waals surface area contributed by atoms with Crippen molar-refractivity contribution in [3.05, 3.63) is 24.3 Å². The van der Waals surface area contributed by atoms with Gasteiger partial charge in [0.25, 0.3) is 0 Å². The molecule has 0 aromatic heterocycles. The molecule has 0 N–H and O–H groups in total. The van der Waals surface area contributed by atoms with E-state index < -0.39 is 0 Å². The molecule has 1 aromatic carbocycles. The molecule has 1 aromatic rings. The Labute approximate surface area is 92.9 Å². The topological polar surface area (TPSA) is 12.5 Å². The van der Waals surface area contributed by atoms with Crippen molar-refractivity contribution in [3.8, 4) is 5.75 Å². The molecule has 0 radical (unpaired) electrons. The summed E-state index contributed by atoms with van der Waals surface area (Å²) in [4.78, 5) is 2.36. The minimum absolute atomic E-state index is 0.473. The smallest absolute Gasteiger partial charge is 0.142 e. The molecule has 0 heterocycles. The number of hydrogen-bond acceptors (Lipinski definition) is 2. The van der Waals surface area contributed by atoms with Crippen molar-refractivity contribution in [2.45, 2.75) is 39.8 Å². The van der Waals surface area contributed by atoms with E-state index in [4.69, 9.17) is 4.74 Å².